The number of piperazine rings is 1. The quantitative estimate of drug-likeness (QED) is 0.782. The highest BCUT2D eigenvalue weighted by Gasteiger charge is 2.17. The molecule has 0 atom stereocenters. The van der Waals surface area contributed by atoms with Gasteiger partial charge in [-0.1, -0.05) is 24.4 Å². The normalized spacial score (nSPS) is 15.4. The van der Waals surface area contributed by atoms with Crippen molar-refractivity contribution in [2.45, 2.75) is 6.42 Å². The first-order chi connectivity index (χ1) is 8.66. The van der Waals surface area contributed by atoms with Gasteiger partial charge in [-0.3, -0.25) is 4.79 Å². The van der Waals surface area contributed by atoms with E-state index in [-0.39, 0.29) is 5.91 Å². The maximum Gasteiger partial charge on any atom is 0.253 e. The number of nitrogens with two attached hydrogens (primary N) is 1. The molecule has 96 valence electrons. The van der Waals surface area contributed by atoms with Gasteiger partial charge in [0.15, 0.2) is 0 Å². The molecule has 1 amide bonds. The molecule has 0 saturated carbocycles. The molecule has 2 rings (SSSR count). The molecule has 1 aliphatic heterocycles. The van der Waals surface area contributed by atoms with Gasteiger partial charge in [0.05, 0.1) is 4.99 Å². The van der Waals surface area contributed by atoms with Crippen LogP contribution in [0.25, 0.3) is 0 Å². The van der Waals surface area contributed by atoms with Crippen molar-refractivity contribution in [3.8, 4) is 0 Å². The van der Waals surface area contributed by atoms with E-state index in [0.29, 0.717) is 11.4 Å². The fourth-order valence-corrected chi connectivity index (χ4v) is 2.18. The van der Waals surface area contributed by atoms with E-state index in [1.54, 1.807) is 0 Å². The Bertz CT molecular complexity index is 438. The largest absolute Gasteiger partial charge is 0.393 e. The molecule has 3 N–H and O–H groups in total. The lowest BCUT2D eigenvalue weighted by Gasteiger charge is -2.27. The van der Waals surface area contributed by atoms with Gasteiger partial charge in [-0.15, -0.1) is 0 Å². The highest BCUT2D eigenvalue weighted by Crippen LogP contribution is 2.09. The zero-order chi connectivity index (χ0) is 13.0. The molecular formula is C13H17N3OS. The van der Waals surface area contributed by atoms with Crippen LogP contribution in [0.15, 0.2) is 24.3 Å². The van der Waals surface area contributed by atoms with Crippen molar-refractivity contribution in [2.24, 2.45) is 5.73 Å². The first kappa shape index (κ1) is 13.0. The van der Waals surface area contributed by atoms with E-state index in [9.17, 15) is 4.79 Å². The van der Waals surface area contributed by atoms with E-state index >= 15 is 0 Å². The molecule has 0 unspecified atom stereocenters. The third kappa shape index (κ3) is 3.27. The average molecular weight is 263 g/mol. The summed E-state index contributed by atoms with van der Waals surface area (Å²) in [6, 6.07) is 7.51. The molecule has 18 heavy (non-hydrogen) atoms. The van der Waals surface area contributed by atoms with Gasteiger partial charge in [-0.2, -0.15) is 0 Å². The zero-order valence-electron chi connectivity index (χ0n) is 10.2. The molecule has 0 aliphatic carbocycles. The number of hydrogen-bond acceptors (Lipinski definition) is 3. The first-order valence-electron chi connectivity index (χ1n) is 6.04. The Morgan fingerprint density at radius 3 is 2.44 bits per heavy atom. The van der Waals surface area contributed by atoms with E-state index in [0.717, 1.165) is 37.3 Å². The number of carbonyl (C=O) groups is 1. The second kappa shape index (κ2) is 5.93. The molecule has 0 aromatic heterocycles. The van der Waals surface area contributed by atoms with E-state index in [4.69, 9.17) is 18.0 Å². The fourth-order valence-electron chi connectivity index (χ4n) is 2.02. The number of benzene rings is 1. The Labute approximate surface area is 112 Å². The SMILES string of the molecule is NC(=S)Cc1ccc(C(=O)N2CCNCC2)cc1. The molecule has 4 nitrogen and oxygen atoms in total. The minimum absolute atomic E-state index is 0.0957. The Balaban J connectivity index is 2.04. The fraction of sp³-hybridized carbons (Fsp3) is 0.385. The summed E-state index contributed by atoms with van der Waals surface area (Å²) in [4.78, 5) is 14.5. The van der Waals surface area contributed by atoms with Crippen molar-refractivity contribution >= 4 is 23.1 Å². The van der Waals surface area contributed by atoms with Crippen LogP contribution in [-0.2, 0) is 6.42 Å². The lowest BCUT2D eigenvalue weighted by molar-refractivity contribution is 0.0736. The number of hydrogen-bond donors (Lipinski definition) is 2. The molecule has 1 aliphatic rings. The van der Waals surface area contributed by atoms with E-state index in [1.807, 2.05) is 29.2 Å². The van der Waals surface area contributed by atoms with Crippen molar-refractivity contribution in [3.05, 3.63) is 35.4 Å². The summed E-state index contributed by atoms with van der Waals surface area (Å²) in [6.45, 7) is 3.28. The molecule has 1 fully saturated rings. The van der Waals surface area contributed by atoms with Crippen LogP contribution < -0.4 is 11.1 Å². The van der Waals surface area contributed by atoms with Crippen LogP contribution >= 0.6 is 12.2 Å². The van der Waals surface area contributed by atoms with Crippen LogP contribution in [0, 0.1) is 0 Å². The highest BCUT2D eigenvalue weighted by molar-refractivity contribution is 7.80. The minimum Gasteiger partial charge on any atom is -0.393 e. The molecule has 1 heterocycles. The molecule has 1 aromatic rings. The van der Waals surface area contributed by atoms with Crippen molar-refractivity contribution in [1.29, 1.82) is 0 Å². The number of rotatable bonds is 3. The molecule has 0 spiro atoms. The Morgan fingerprint density at radius 1 is 1.28 bits per heavy atom. The topological polar surface area (TPSA) is 58.4 Å². The summed E-state index contributed by atoms with van der Waals surface area (Å²) in [5.41, 5.74) is 7.26. The summed E-state index contributed by atoms with van der Waals surface area (Å²) in [5, 5.41) is 3.23. The monoisotopic (exact) mass is 263 g/mol. The predicted molar refractivity (Wildman–Crippen MR) is 75.7 cm³/mol. The molecule has 5 heteroatoms. The predicted octanol–water partition coefficient (Wildman–Crippen LogP) is 0.561. The van der Waals surface area contributed by atoms with Gasteiger partial charge in [0.25, 0.3) is 5.91 Å². The van der Waals surface area contributed by atoms with Crippen molar-refractivity contribution < 1.29 is 4.79 Å². The highest BCUT2D eigenvalue weighted by atomic mass is 32.1. The number of amides is 1. The van der Waals surface area contributed by atoms with Crippen LogP contribution in [0.1, 0.15) is 15.9 Å². The lowest BCUT2D eigenvalue weighted by Crippen LogP contribution is -2.46. The summed E-state index contributed by atoms with van der Waals surface area (Å²) in [7, 11) is 0. The molecule has 1 aromatic carbocycles. The lowest BCUT2D eigenvalue weighted by atomic mass is 10.1. The third-order valence-electron chi connectivity index (χ3n) is 2.98. The van der Waals surface area contributed by atoms with E-state index in [2.05, 4.69) is 5.32 Å². The standard InChI is InChI=1S/C13H17N3OS/c14-12(18)9-10-1-3-11(4-2-10)13(17)16-7-5-15-6-8-16/h1-4,15H,5-9H2,(H2,14,18). The van der Waals surface area contributed by atoms with Crippen molar-refractivity contribution in [1.82, 2.24) is 10.2 Å². The van der Waals surface area contributed by atoms with Crippen LogP contribution in [0.2, 0.25) is 0 Å². The van der Waals surface area contributed by atoms with Gasteiger partial charge in [0.2, 0.25) is 0 Å². The van der Waals surface area contributed by atoms with Gasteiger partial charge in [-0.05, 0) is 17.7 Å². The van der Waals surface area contributed by atoms with Gasteiger partial charge >= 0.3 is 0 Å². The van der Waals surface area contributed by atoms with Crippen LogP contribution in [0.5, 0.6) is 0 Å². The summed E-state index contributed by atoms with van der Waals surface area (Å²) >= 11 is 4.86. The molecule has 0 radical (unpaired) electrons. The number of carbonyl (C=O) groups excluding carboxylic acids is 1. The molecule has 1 saturated heterocycles. The Hall–Kier alpha value is -1.46. The van der Waals surface area contributed by atoms with E-state index < -0.39 is 0 Å². The maximum absolute atomic E-state index is 12.2. The molecule has 0 bridgehead atoms. The van der Waals surface area contributed by atoms with Gasteiger partial charge in [0, 0.05) is 38.2 Å². The number of nitrogens with one attached hydrogen (secondary N) is 1. The second-order valence-electron chi connectivity index (χ2n) is 4.38. The van der Waals surface area contributed by atoms with Gasteiger partial charge in [0.1, 0.15) is 0 Å². The second-order valence-corrected chi connectivity index (χ2v) is 4.91. The summed E-state index contributed by atoms with van der Waals surface area (Å²) in [5.74, 6) is 0.0957. The summed E-state index contributed by atoms with van der Waals surface area (Å²) < 4.78 is 0. The zero-order valence-corrected chi connectivity index (χ0v) is 11.0. The van der Waals surface area contributed by atoms with Gasteiger partial charge in [-0.25, -0.2) is 0 Å². The van der Waals surface area contributed by atoms with Gasteiger partial charge < -0.3 is 16.0 Å². The van der Waals surface area contributed by atoms with Crippen molar-refractivity contribution in [2.75, 3.05) is 26.2 Å². The Kier molecular flexibility index (Phi) is 4.28. The average Bonchev–Trinajstić information content (AvgIpc) is 2.39. The van der Waals surface area contributed by atoms with Crippen LogP contribution in [-0.4, -0.2) is 42.0 Å². The molecular weight excluding hydrogens is 246 g/mol. The van der Waals surface area contributed by atoms with Crippen molar-refractivity contribution in [3.63, 3.8) is 0 Å². The summed E-state index contributed by atoms with van der Waals surface area (Å²) in [6.07, 6.45) is 0.581. The maximum atomic E-state index is 12.2. The Morgan fingerprint density at radius 2 is 1.89 bits per heavy atom. The van der Waals surface area contributed by atoms with Crippen LogP contribution in [0.3, 0.4) is 0 Å². The minimum atomic E-state index is 0.0957. The van der Waals surface area contributed by atoms with E-state index in [1.165, 1.54) is 0 Å². The third-order valence-corrected chi connectivity index (χ3v) is 3.13. The first-order valence-corrected chi connectivity index (χ1v) is 6.45. The van der Waals surface area contributed by atoms with Crippen LogP contribution in [0.4, 0.5) is 0 Å². The number of nitrogens with zero attached hydrogens (tertiary/aromatic N) is 1. The number of thiocarbonyl (C=S) groups is 1. The smallest absolute Gasteiger partial charge is 0.253 e.